The van der Waals surface area contributed by atoms with Crippen molar-refractivity contribution in [3.8, 4) is 0 Å². The monoisotopic (exact) mass is 316 g/mol. The Morgan fingerprint density at radius 1 is 1.26 bits per heavy atom. The van der Waals surface area contributed by atoms with Gasteiger partial charge in [0.2, 0.25) is 0 Å². The molecule has 1 aromatic carbocycles. The molecule has 0 aliphatic carbocycles. The average molecular weight is 316 g/mol. The van der Waals surface area contributed by atoms with Gasteiger partial charge in [-0.05, 0) is 32.9 Å². The van der Waals surface area contributed by atoms with Crippen LogP contribution in [-0.2, 0) is 4.79 Å². The standard InChI is InChI=1S/C16H20N4O3/c1-8-5-6-12(17-4)11(7-8)15(21)18-14(16(22)23)13-9(2)19-20-10(13)3/h5-7,14,17H,1-4H3,(H,18,21)(H,19,20)(H,22,23)/t14-/m0/s1. The Bertz CT molecular complexity index is 732. The number of benzene rings is 1. The number of hydrogen-bond donors (Lipinski definition) is 4. The summed E-state index contributed by atoms with van der Waals surface area (Å²) in [5, 5.41) is 21.8. The van der Waals surface area contributed by atoms with Crippen LogP contribution in [0.25, 0.3) is 0 Å². The van der Waals surface area contributed by atoms with Gasteiger partial charge in [-0.15, -0.1) is 0 Å². The average Bonchev–Trinajstić information content (AvgIpc) is 2.83. The first kappa shape index (κ1) is 16.5. The number of H-pyrrole nitrogens is 1. The summed E-state index contributed by atoms with van der Waals surface area (Å²) in [6.07, 6.45) is 0. The maximum absolute atomic E-state index is 12.6. The third-order valence-corrected chi connectivity index (χ3v) is 3.69. The highest BCUT2D eigenvalue weighted by molar-refractivity contribution is 6.01. The Labute approximate surface area is 134 Å². The van der Waals surface area contributed by atoms with E-state index in [-0.39, 0.29) is 0 Å². The summed E-state index contributed by atoms with van der Waals surface area (Å²) in [5.74, 6) is -1.59. The van der Waals surface area contributed by atoms with Crippen molar-refractivity contribution in [2.45, 2.75) is 26.8 Å². The maximum Gasteiger partial charge on any atom is 0.331 e. The first-order valence-corrected chi connectivity index (χ1v) is 7.18. The molecular formula is C16H20N4O3. The molecule has 0 aliphatic heterocycles. The molecule has 7 nitrogen and oxygen atoms in total. The zero-order valence-electron chi connectivity index (χ0n) is 13.5. The number of aryl methyl sites for hydroxylation is 3. The van der Waals surface area contributed by atoms with Crippen LogP contribution in [0.4, 0.5) is 5.69 Å². The van der Waals surface area contributed by atoms with Gasteiger partial charge in [-0.3, -0.25) is 9.89 Å². The summed E-state index contributed by atoms with van der Waals surface area (Å²) >= 11 is 0. The molecular weight excluding hydrogens is 296 g/mol. The number of carboxylic acids is 1. The maximum atomic E-state index is 12.6. The lowest BCUT2D eigenvalue weighted by atomic mass is 10.0. The molecule has 1 aromatic heterocycles. The van der Waals surface area contributed by atoms with E-state index in [4.69, 9.17) is 0 Å². The van der Waals surface area contributed by atoms with Gasteiger partial charge in [-0.1, -0.05) is 11.6 Å². The van der Waals surface area contributed by atoms with E-state index in [9.17, 15) is 14.7 Å². The van der Waals surface area contributed by atoms with E-state index in [2.05, 4.69) is 20.8 Å². The van der Waals surface area contributed by atoms with Crippen molar-refractivity contribution >= 4 is 17.6 Å². The first-order valence-electron chi connectivity index (χ1n) is 7.18. The van der Waals surface area contributed by atoms with Crippen molar-refractivity contribution in [2.75, 3.05) is 12.4 Å². The van der Waals surface area contributed by atoms with Crippen LogP contribution in [-0.4, -0.2) is 34.2 Å². The molecule has 23 heavy (non-hydrogen) atoms. The molecule has 2 aromatic rings. The normalized spacial score (nSPS) is 11.8. The molecule has 0 saturated carbocycles. The molecule has 1 heterocycles. The predicted molar refractivity (Wildman–Crippen MR) is 86.6 cm³/mol. The topological polar surface area (TPSA) is 107 Å². The Morgan fingerprint density at radius 2 is 1.96 bits per heavy atom. The lowest BCUT2D eigenvalue weighted by Gasteiger charge is -2.17. The molecule has 0 bridgehead atoms. The van der Waals surface area contributed by atoms with Crippen LogP contribution >= 0.6 is 0 Å². The van der Waals surface area contributed by atoms with E-state index in [1.54, 1.807) is 33.0 Å². The number of aromatic nitrogens is 2. The van der Waals surface area contributed by atoms with Gasteiger partial charge >= 0.3 is 5.97 Å². The summed E-state index contributed by atoms with van der Waals surface area (Å²) in [4.78, 5) is 24.2. The third-order valence-electron chi connectivity index (χ3n) is 3.69. The van der Waals surface area contributed by atoms with Crippen molar-refractivity contribution in [1.29, 1.82) is 0 Å². The van der Waals surface area contributed by atoms with Crippen LogP contribution in [0.3, 0.4) is 0 Å². The first-order chi connectivity index (χ1) is 10.8. The zero-order valence-corrected chi connectivity index (χ0v) is 13.5. The van der Waals surface area contributed by atoms with Crippen molar-refractivity contribution in [1.82, 2.24) is 15.5 Å². The number of anilines is 1. The third kappa shape index (κ3) is 3.33. The number of carboxylic acid groups (broad SMARTS) is 1. The fraction of sp³-hybridized carbons (Fsp3) is 0.312. The minimum Gasteiger partial charge on any atom is -0.479 e. The fourth-order valence-corrected chi connectivity index (χ4v) is 2.52. The van der Waals surface area contributed by atoms with Crippen LogP contribution in [0.5, 0.6) is 0 Å². The summed E-state index contributed by atoms with van der Waals surface area (Å²) in [6.45, 7) is 5.30. The van der Waals surface area contributed by atoms with E-state index in [1.165, 1.54) is 0 Å². The van der Waals surface area contributed by atoms with Gasteiger partial charge in [-0.2, -0.15) is 5.10 Å². The van der Waals surface area contributed by atoms with Crippen LogP contribution in [0.15, 0.2) is 18.2 Å². The Balaban J connectivity index is 2.37. The number of carbonyl (C=O) groups excluding carboxylic acids is 1. The number of aliphatic carboxylic acids is 1. The fourth-order valence-electron chi connectivity index (χ4n) is 2.52. The smallest absolute Gasteiger partial charge is 0.331 e. The van der Waals surface area contributed by atoms with E-state index >= 15 is 0 Å². The van der Waals surface area contributed by atoms with Crippen molar-refractivity contribution in [3.05, 3.63) is 46.3 Å². The van der Waals surface area contributed by atoms with Gasteiger partial charge in [0.25, 0.3) is 5.91 Å². The summed E-state index contributed by atoms with van der Waals surface area (Å²) in [5.41, 5.74) is 3.60. The van der Waals surface area contributed by atoms with Gasteiger partial charge < -0.3 is 15.7 Å². The zero-order chi connectivity index (χ0) is 17.1. The SMILES string of the molecule is CNc1ccc(C)cc1C(=O)N[C@H](C(=O)O)c1c(C)n[nH]c1C. The molecule has 2 rings (SSSR count). The number of amides is 1. The summed E-state index contributed by atoms with van der Waals surface area (Å²) < 4.78 is 0. The quantitative estimate of drug-likeness (QED) is 0.674. The molecule has 0 spiro atoms. The van der Waals surface area contributed by atoms with E-state index in [0.717, 1.165) is 5.56 Å². The number of rotatable bonds is 5. The highest BCUT2D eigenvalue weighted by atomic mass is 16.4. The van der Waals surface area contributed by atoms with E-state index in [1.807, 2.05) is 13.0 Å². The van der Waals surface area contributed by atoms with Crippen LogP contribution in [0.1, 0.15) is 38.9 Å². The largest absolute Gasteiger partial charge is 0.479 e. The van der Waals surface area contributed by atoms with Gasteiger partial charge in [0.05, 0.1) is 11.3 Å². The predicted octanol–water partition coefficient (Wildman–Crippen LogP) is 1.93. The van der Waals surface area contributed by atoms with E-state index < -0.39 is 17.9 Å². The van der Waals surface area contributed by atoms with Crippen LogP contribution in [0.2, 0.25) is 0 Å². The molecule has 0 saturated heterocycles. The lowest BCUT2D eigenvalue weighted by molar-refractivity contribution is -0.139. The number of carbonyl (C=O) groups is 2. The molecule has 122 valence electrons. The van der Waals surface area contributed by atoms with Crippen LogP contribution in [0, 0.1) is 20.8 Å². The Morgan fingerprint density at radius 3 is 2.48 bits per heavy atom. The summed E-state index contributed by atoms with van der Waals surface area (Å²) in [7, 11) is 1.71. The van der Waals surface area contributed by atoms with Gasteiger partial charge in [-0.25, -0.2) is 4.79 Å². The Hall–Kier alpha value is -2.83. The number of nitrogens with zero attached hydrogens (tertiary/aromatic N) is 1. The molecule has 0 unspecified atom stereocenters. The second kappa shape index (κ2) is 6.51. The number of nitrogens with one attached hydrogen (secondary N) is 3. The number of hydrogen-bond acceptors (Lipinski definition) is 4. The molecule has 1 amide bonds. The molecule has 7 heteroatoms. The van der Waals surface area contributed by atoms with Crippen molar-refractivity contribution in [3.63, 3.8) is 0 Å². The molecule has 4 N–H and O–H groups in total. The Kier molecular flexibility index (Phi) is 4.68. The minimum atomic E-state index is -1.16. The highest BCUT2D eigenvalue weighted by Gasteiger charge is 2.28. The summed E-state index contributed by atoms with van der Waals surface area (Å²) in [6, 6.07) is 4.22. The minimum absolute atomic E-state index is 0.401. The number of aromatic amines is 1. The second-order valence-electron chi connectivity index (χ2n) is 5.39. The molecule has 0 radical (unpaired) electrons. The molecule has 0 aliphatic rings. The van der Waals surface area contributed by atoms with E-state index in [0.29, 0.717) is 28.2 Å². The van der Waals surface area contributed by atoms with Gasteiger partial charge in [0, 0.05) is 24.0 Å². The molecule has 1 atom stereocenters. The molecule has 0 fully saturated rings. The van der Waals surface area contributed by atoms with Crippen molar-refractivity contribution < 1.29 is 14.7 Å². The van der Waals surface area contributed by atoms with Gasteiger partial charge in [0.1, 0.15) is 0 Å². The van der Waals surface area contributed by atoms with Crippen LogP contribution < -0.4 is 10.6 Å². The lowest BCUT2D eigenvalue weighted by Crippen LogP contribution is -2.34. The van der Waals surface area contributed by atoms with Gasteiger partial charge in [0.15, 0.2) is 6.04 Å². The van der Waals surface area contributed by atoms with Crippen molar-refractivity contribution in [2.24, 2.45) is 0 Å². The second-order valence-corrected chi connectivity index (χ2v) is 5.39. The highest BCUT2D eigenvalue weighted by Crippen LogP contribution is 2.22.